The smallest absolute Gasteiger partial charge is 0.255 e. The Bertz CT molecular complexity index is 2710. The number of nitrogens with zero attached hydrogens (tertiary/aromatic N) is 4. The van der Waals surface area contributed by atoms with Gasteiger partial charge in [0.25, 0.3) is 11.8 Å². The third-order valence-electron chi connectivity index (χ3n) is 9.62. The Morgan fingerprint density at radius 3 is 1.97 bits per heavy atom. The van der Waals surface area contributed by atoms with Gasteiger partial charge in [0.15, 0.2) is 0 Å². The number of aryl methyl sites for hydroxylation is 1. The van der Waals surface area contributed by atoms with Crippen molar-refractivity contribution in [3.63, 3.8) is 0 Å². The number of carbonyl (C=O) groups is 2. The summed E-state index contributed by atoms with van der Waals surface area (Å²) in [6.07, 6.45) is 6.49. The van der Waals surface area contributed by atoms with Gasteiger partial charge >= 0.3 is 0 Å². The monoisotopic (exact) mass is 884 g/mol. The van der Waals surface area contributed by atoms with Crippen molar-refractivity contribution >= 4 is 54.6 Å². The molecule has 61 heavy (non-hydrogen) atoms. The number of aromatic nitrogens is 2. The van der Waals surface area contributed by atoms with E-state index in [-0.39, 0.29) is 27.4 Å². The lowest BCUT2D eigenvalue weighted by Gasteiger charge is -2.27. The van der Waals surface area contributed by atoms with Crippen molar-refractivity contribution in [3.05, 3.63) is 132 Å². The molecule has 0 aliphatic carbocycles. The Morgan fingerprint density at radius 2 is 1.38 bits per heavy atom. The number of thiazole rings is 1. The summed E-state index contributed by atoms with van der Waals surface area (Å²) in [5.41, 5.74) is 4.33. The van der Waals surface area contributed by atoms with E-state index in [1.807, 2.05) is 66.5 Å². The second-order valence-corrected chi connectivity index (χ2v) is 19.0. The van der Waals surface area contributed by atoms with Gasteiger partial charge in [-0.2, -0.15) is 4.31 Å². The second kappa shape index (κ2) is 19.7. The molecule has 4 aromatic carbocycles. The van der Waals surface area contributed by atoms with Gasteiger partial charge in [-0.05, 0) is 106 Å². The van der Waals surface area contributed by atoms with Crippen LogP contribution in [0, 0.1) is 6.92 Å². The van der Waals surface area contributed by atoms with Crippen LogP contribution in [0.1, 0.15) is 52.6 Å². The highest BCUT2D eigenvalue weighted by Crippen LogP contribution is 2.33. The molecule has 0 atom stereocenters. The lowest BCUT2D eigenvalue weighted by molar-refractivity contribution is 0.101. The number of methoxy groups -OCH3 is 1. The van der Waals surface area contributed by atoms with Gasteiger partial charge in [0.2, 0.25) is 20.0 Å². The van der Waals surface area contributed by atoms with Crippen molar-refractivity contribution in [3.8, 4) is 27.8 Å². The van der Waals surface area contributed by atoms with E-state index in [1.165, 1.54) is 55.0 Å². The van der Waals surface area contributed by atoms with Gasteiger partial charge in [0, 0.05) is 84.4 Å². The van der Waals surface area contributed by atoms with Crippen LogP contribution in [0.5, 0.6) is 11.5 Å². The van der Waals surface area contributed by atoms with Gasteiger partial charge in [0.1, 0.15) is 26.3 Å². The molecular formula is C44H48N6O8S3. The number of amides is 2. The molecule has 0 unspecified atom stereocenters. The van der Waals surface area contributed by atoms with Crippen LogP contribution in [0.3, 0.4) is 0 Å². The van der Waals surface area contributed by atoms with Gasteiger partial charge in [-0.25, -0.2) is 26.1 Å². The van der Waals surface area contributed by atoms with Crippen molar-refractivity contribution in [2.45, 2.75) is 42.9 Å². The molecule has 0 spiro atoms. The summed E-state index contributed by atoms with van der Waals surface area (Å²) in [5.74, 6) is -0.161. The SMILES string of the molecule is CCOc1ccc(NC(=O)c2cccc(-c3nc(C)cs3)c2)cc1S(=O)(=O)N1CCCCC1.COc1ccc(NC(=O)c2cccc(-n3cccc3)c2)cc1S(=O)(=O)N(C)C. The van der Waals surface area contributed by atoms with E-state index in [4.69, 9.17) is 9.47 Å². The summed E-state index contributed by atoms with van der Waals surface area (Å²) in [6, 6.07) is 27.4. The third-order valence-corrected chi connectivity index (χ3v) is 14.4. The van der Waals surface area contributed by atoms with Crippen molar-refractivity contribution in [1.82, 2.24) is 18.2 Å². The van der Waals surface area contributed by atoms with E-state index >= 15 is 0 Å². The largest absolute Gasteiger partial charge is 0.495 e. The topological polar surface area (TPSA) is 169 Å². The van der Waals surface area contributed by atoms with Crippen LogP contribution in [0.25, 0.3) is 16.3 Å². The highest BCUT2D eigenvalue weighted by molar-refractivity contribution is 7.89. The average Bonchev–Trinajstić information content (AvgIpc) is 3.98. The van der Waals surface area contributed by atoms with Gasteiger partial charge in [-0.3, -0.25) is 9.59 Å². The quantitative estimate of drug-likeness (QED) is 0.117. The number of sulfonamides is 2. The second-order valence-electron chi connectivity index (χ2n) is 14.1. The Balaban J connectivity index is 0.000000207. The fourth-order valence-corrected chi connectivity index (χ4v) is 10.0. The summed E-state index contributed by atoms with van der Waals surface area (Å²) in [4.78, 5) is 30.2. The lowest BCUT2D eigenvalue weighted by atomic mass is 10.1. The molecule has 17 heteroatoms. The zero-order valence-electron chi connectivity index (χ0n) is 34.5. The van der Waals surface area contributed by atoms with Gasteiger partial charge in [0.05, 0.1) is 13.7 Å². The standard InChI is InChI=1S/C24H27N3O4S2.C20H21N3O4S/c1-3-31-21-11-10-20(15-22(21)33(29,30)27-12-5-4-6-13-27)26-23(28)18-8-7-9-19(14-18)24-25-17(2)16-32-24;1-22(2)28(25,26)19-14-16(9-10-18(19)27-3)21-20(24)15-7-6-8-17(13-15)23-11-4-5-12-23/h7-11,14-16H,3-6,12-13H2,1-2H3,(H,26,28);4-14H,1-3H3,(H,21,24). The van der Waals surface area contributed by atoms with E-state index < -0.39 is 20.0 Å². The Morgan fingerprint density at radius 1 is 0.770 bits per heavy atom. The first-order valence-corrected chi connectivity index (χ1v) is 23.2. The maximum absolute atomic E-state index is 13.3. The zero-order valence-corrected chi connectivity index (χ0v) is 36.9. The molecule has 0 radical (unpaired) electrons. The Labute approximate surface area is 360 Å². The van der Waals surface area contributed by atoms with Crippen LogP contribution in [0.2, 0.25) is 0 Å². The fourth-order valence-electron chi connectivity index (χ4n) is 6.46. The minimum absolute atomic E-state index is 0.0149. The van der Waals surface area contributed by atoms with Crippen LogP contribution >= 0.6 is 11.3 Å². The lowest BCUT2D eigenvalue weighted by Crippen LogP contribution is -2.35. The number of benzene rings is 4. The van der Waals surface area contributed by atoms with Crippen LogP contribution in [-0.4, -0.2) is 87.7 Å². The average molecular weight is 885 g/mol. The number of hydrogen-bond donors (Lipinski definition) is 2. The minimum Gasteiger partial charge on any atom is -0.495 e. The normalized spacial score (nSPS) is 13.2. The molecule has 0 bridgehead atoms. The number of anilines is 2. The minimum atomic E-state index is -3.73. The zero-order chi connectivity index (χ0) is 43.7. The van der Waals surface area contributed by atoms with Gasteiger partial charge in [-0.1, -0.05) is 24.6 Å². The Kier molecular flexibility index (Phi) is 14.4. The number of hydrogen-bond acceptors (Lipinski definition) is 10. The van der Waals surface area contributed by atoms with Crippen LogP contribution < -0.4 is 20.1 Å². The molecular weight excluding hydrogens is 837 g/mol. The van der Waals surface area contributed by atoms with E-state index in [0.717, 1.165) is 45.5 Å². The van der Waals surface area contributed by atoms with Crippen molar-refractivity contribution in [2.24, 2.45) is 0 Å². The predicted molar refractivity (Wildman–Crippen MR) is 238 cm³/mol. The molecule has 3 heterocycles. The maximum atomic E-state index is 13.3. The number of piperidine rings is 1. The first-order chi connectivity index (χ1) is 29.2. The summed E-state index contributed by atoms with van der Waals surface area (Å²) in [7, 11) is -3.18. The fraction of sp³-hybridized carbons (Fsp3) is 0.250. The summed E-state index contributed by atoms with van der Waals surface area (Å²) >= 11 is 1.52. The van der Waals surface area contributed by atoms with Crippen molar-refractivity contribution in [1.29, 1.82) is 0 Å². The van der Waals surface area contributed by atoms with Crippen molar-refractivity contribution in [2.75, 3.05) is 51.5 Å². The summed E-state index contributed by atoms with van der Waals surface area (Å²) in [6.45, 7) is 5.07. The number of rotatable bonds is 13. The van der Waals surface area contributed by atoms with Gasteiger partial charge in [-0.15, -0.1) is 11.3 Å². The molecule has 7 rings (SSSR count). The van der Waals surface area contributed by atoms with Crippen LogP contribution in [-0.2, 0) is 20.0 Å². The molecule has 2 aromatic heterocycles. The molecule has 1 saturated heterocycles. The first-order valence-electron chi connectivity index (χ1n) is 19.5. The predicted octanol–water partition coefficient (Wildman–Crippen LogP) is 7.93. The Hall–Kier alpha value is -5.85. The van der Waals surface area contributed by atoms with E-state index in [2.05, 4.69) is 15.6 Å². The molecule has 2 amide bonds. The van der Waals surface area contributed by atoms with E-state index in [1.54, 1.807) is 48.5 Å². The molecule has 1 fully saturated rings. The van der Waals surface area contributed by atoms with Crippen molar-refractivity contribution < 1.29 is 35.9 Å². The highest BCUT2D eigenvalue weighted by Gasteiger charge is 2.30. The molecule has 1 aliphatic heterocycles. The molecule has 2 N–H and O–H groups in total. The maximum Gasteiger partial charge on any atom is 0.255 e. The molecule has 0 saturated carbocycles. The number of ether oxygens (including phenoxy) is 2. The number of carbonyl (C=O) groups excluding carboxylic acids is 2. The molecule has 6 aromatic rings. The van der Waals surface area contributed by atoms with Gasteiger partial charge < -0.3 is 24.7 Å². The van der Waals surface area contributed by atoms with Crippen LogP contribution in [0.4, 0.5) is 11.4 Å². The summed E-state index contributed by atoms with van der Waals surface area (Å²) < 4.78 is 66.9. The first kappa shape index (κ1) is 44.7. The molecule has 14 nitrogen and oxygen atoms in total. The highest BCUT2D eigenvalue weighted by atomic mass is 32.2. The number of nitrogens with one attached hydrogen (secondary N) is 2. The van der Waals surface area contributed by atoms with E-state index in [9.17, 15) is 26.4 Å². The third kappa shape index (κ3) is 10.7. The van der Waals surface area contributed by atoms with E-state index in [0.29, 0.717) is 47.9 Å². The molecule has 1 aliphatic rings. The summed E-state index contributed by atoms with van der Waals surface area (Å²) in [5, 5.41) is 8.39. The van der Waals surface area contributed by atoms with Crippen LogP contribution in [0.15, 0.2) is 125 Å². The molecule has 320 valence electrons.